The van der Waals surface area contributed by atoms with Gasteiger partial charge in [0.2, 0.25) is 0 Å². The zero-order chi connectivity index (χ0) is 13.8. The molecule has 0 radical (unpaired) electrons. The molecule has 5 heteroatoms. The summed E-state index contributed by atoms with van der Waals surface area (Å²) in [5.74, 6) is 1.83. The lowest BCUT2D eigenvalue weighted by Crippen LogP contribution is -2.16. The van der Waals surface area contributed by atoms with Gasteiger partial charge in [-0.05, 0) is 32.6 Å². The summed E-state index contributed by atoms with van der Waals surface area (Å²) in [6.07, 6.45) is 0.734. The van der Waals surface area contributed by atoms with Crippen molar-refractivity contribution in [1.82, 2.24) is 14.5 Å². The maximum atomic E-state index is 9.03. The van der Waals surface area contributed by atoms with Gasteiger partial charge in [0.05, 0.1) is 24.7 Å². The number of nitrogens with zero attached hydrogens (tertiary/aromatic N) is 3. The molecule has 0 unspecified atom stereocenters. The van der Waals surface area contributed by atoms with Gasteiger partial charge in [-0.3, -0.25) is 0 Å². The third-order valence-corrected chi connectivity index (χ3v) is 3.03. The number of aliphatic hydroxyl groups excluding tert-OH is 1. The van der Waals surface area contributed by atoms with Gasteiger partial charge >= 0.3 is 0 Å². The van der Waals surface area contributed by atoms with Crippen molar-refractivity contribution in [2.24, 2.45) is 0 Å². The summed E-state index contributed by atoms with van der Waals surface area (Å²) in [5.41, 5.74) is 2.03. The van der Waals surface area contributed by atoms with E-state index in [-0.39, 0.29) is 6.61 Å². The van der Waals surface area contributed by atoms with Crippen molar-refractivity contribution in [3.8, 4) is 5.75 Å². The molecule has 0 aliphatic heterocycles. The van der Waals surface area contributed by atoms with E-state index in [0.717, 1.165) is 42.1 Å². The van der Waals surface area contributed by atoms with E-state index in [4.69, 9.17) is 9.84 Å². The van der Waals surface area contributed by atoms with Crippen molar-refractivity contribution in [3.63, 3.8) is 0 Å². The molecule has 0 saturated heterocycles. The van der Waals surface area contributed by atoms with Gasteiger partial charge in [0.15, 0.2) is 0 Å². The van der Waals surface area contributed by atoms with Crippen LogP contribution in [-0.4, -0.2) is 47.4 Å². The quantitative estimate of drug-likeness (QED) is 0.858. The second kappa shape index (κ2) is 6.04. The van der Waals surface area contributed by atoms with Crippen LogP contribution in [0.1, 0.15) is 12.2 Å². The topological polar surface area (TPSA) is 50.5 Å². The lowest BCUT2D eigenvalue weighted by Gasteiger charge is -2.12. The number of aliphatic hydroxyl groups is 1. The number of fused-ring (bicyclic) bond motifs is 1. The highest BCUT2D eigenvalue weighted by molar-refractivity contribution is 5.77. The molecule has 1 aromatic heterocycles. The molecule has 0 fully saturated rings. The third-order valence-electron chi connectivity index (χ3n) is 3.03. The van der Waals surface area contributed by atoms with E-state index in [2.05, 4.69) is 14.5 Å². The second-order valence-corrected chi connectivity index (χ2v) is 4.85. The van der Waals surface area contributed by atoms with E-state index in [9.17, 15) is 0 Å². The van der Waals surface area contributed by atoms with Gasteiger partial charge in [-0.1, -0.05) is 0 Å². The molecule has 1 N–H and O–H groups in total. The lowest BCUT2D eigenvalue weighted by atomic mass is 10.3. The summed E-state index contributed by atoms with van der Waals surface area (Å²) in [6.45, 7) is 1.75. The number of aromatic nitrogens is 2. The van der Waals surface area contributed by atoms with E-state index >= 15 is 0 Å². The maximum Gasteiger partial charge on any atom is 0.124 e. The number of imidazole rings is 1. The Labute approximate surface area is 113 Å². The molecular formula is C14H21N3O2. The average molecular weight is 263 g/mol. The van der Waals surface area contributed by atoms with Gasteiger partial charge in [-0.25, -0.2) is 4.98 Å². The molecule has 5 nitrogen and oxygen atoms in total. The molecule has 1 aromatic carbocycles. The number of benzene rings is 1. The summed E-state index contributed by atoms with van der Waals surface area (Å²) >= 11 is 0. The predicted molar refractivity (Wildman–Crippen MR) is 75.4 cm³/mol. The zero-order valence-electron chi connectivity index (χ0n) is 11.8. The fraction of sp³-hybridized carbons (Fsp3) is 0.500. The minimum absolute atomic E-state index is 0.192. The van der Waals surface area contributed by atoms with E-state index in [1.165, 1.54) is 0 Å². The Hall–Kier alpha value is -1.59. The minimum atomic E-state index is 0.192. The molecule has 0 saturated carbocycles. The van der Waals surface area contributed by atoms with E-state index in [1.54, 1.807) is 7.11 Å². The van der Waals surface area contributed by atoms with Crippen LogP contribution in [0.2, 0.25) is 0 Å². The van der Waals surface area contributed by atoms with E-state index in [1.807, 2.05) is 32.3 Å². The highest BCUT2D eigenvalue weighted by Gasteiger charge is 2.11. The Morgan fingerprint density at radius 1 is 1.37 bits per heavy atom. The van der Waals surface area contributed by atoms with Crippen LogP contribution >= 0.6 is 0 Å². The van der Waals surface area contributed by atoms with E-state index < -0.39 is 0 Å². The predicted octanol–water partition coefficient (Wildman–Crippen LogP) is 1.49. The van der Waals surface area contributed by atoms with Gasteiger partial charge in [0, 0.05) is 19.2 Å². The molecule has 0 atom stereocenters. The van der Waals surface area contributed by atoms with Crippen LogP contribution in [0.3, 0.4) is 0 Å². The Kier molecular flexibility index (Phi) is 4.39. The minimum Gasteiger partial charge on any atom is -0.497 e. The SMILES string of the molecule is COc1ccc2c(c1)nc(CN(C)C)n2CCCO. The number of rotatable bonds is 6. The highest BCUT2D eigenvalue weighted by atomic mass is 16.5. The fourth-order valence-electron chi connectivity index (χ4n) is 2.17. The van der Waals surface area contributed by atoms with Gasteiger partial charge in [0.25, 0.3) is 0 Å². The first-order chi connectivity index (χ1) is 9.15. The molecule has 0 spiro atoms. The summed E-state index contributed by atoms with van der Waals surface area (Å²) in [6, 6.07) is 5.92. The largest absolute Gasteiger partial charge is 0.497 e. The molecule has 0 aliphatic rings. The second-order valence-electron chi connectivity index (χ2n) is 4.85. The number of hydrogen-bond donors (Lipinski definition) is 1. The Bertz CT molecular complexity index is 549. The van der Waals surface area contributed by atoms with Crippen LogP contribution in [0, 0.1) is 0 Å². The maximum absolute atomic E-state index is 9.03. The number of methoxy groups -OCH3 is 1. The lowest BCUT2D eigenvalue weighted by molar-refractivity contribution is 0.278. The zero-order valence-corrected chi connectivity index (χ0v) is 11.8. The number of ether oxygens (including phenoxy) is 1. The first kappa shape index (κ1) is 13.8. The molecule has 2 aromatic rings. The average Bonchev–Trinajstić information content (AvgIpc) is 2.71. The first-order valence-electron chi connectivity index (χ1n) is 6.44. The van der Waals surface area contributed by atoms with Gasteiger partial charge < -0.3 is 19.3 Å². The fourth-order valence-corrected chi connectivity index (χ4v) is 2.17. The highest BCUT2D eigenvalue weighted by Crippen LogP contribution is 2.22. The van der Waals surface area contributed by atoms with Crippen molar-refractivity contribution in [2.75, 3.05) is 27.8 Å². The Morgan fingerprint density at radius 3 is 2.79 bits per heavy atom. The number of hydrogen-bond acceptors (Lipinski definition) is 4. The van der Waals surface area contributed by atoms with Gasteiger partial charge in [-0.2, -0.15) is 0 Å². The summed E-state index contributed by atoms with van der Waals surface area (Å²) in [5, 5.41) is 9.03. The van der Waals surface area contributed by atoms with Gasteiger partial charge in [0.1, 0.15) is 11.6 Å². The normalized spacial score (nSPS) is 11.4. The van der Waals surface area contributed by atoms with Crippen molar-refractivity contribution in [2.45, 2.75) is 19.5 Å². The molecule has 1 heterocycles. The molecule has 0 bridgehead atoms. The molecular weight excluding hydrogens is 242 g/mol. The Morgan fingerprint density at radius 2 is 2.16 bits per heavy atom. The summed E-state index contributed by atoms with van der Waals surface area (Å²) in [7, 11) is 5.71. The molecule has 2 rings (SSSR count). The molecule has 0 amide bonds. The molecule has 104 valence electrons. The van der Waals surface area contributed by atoms with Crippen molar-refractivity contribution >= 4 is 11.0 Å². The standard InChI is InChI=1S/C14H21N3O2/c1-16(2)10-14-15-12-9-11(19-3)5-6-13(12)17(14)7-4-8-18/h5-6,9,18H,4,7-8,10H2,1-3H3. The summed E-state index contributed by atoms with van der Waals surface area (Å²) in [4.78, 5) is 6.77. The molecule has 0 aliphatic carbocycles. The molecule has 19 heavy (non-hydrogen) atoms. The van der Waals surface area contributed by atoms with Crippen LogP contribution in [0.4, 0.5) is 0 Å². The van der Waals surface area contributed by atoms with Crippen molar-refractivity contribution in [1.29, 1.82) is 0 Å². The monoisotopic (exact) mass is 263 g/mol. The van der Waals surface area contributed by atoms with Crippen LogP contribution in [0.25, 0.3) is 11.0 Å². The van der Waals surface area contributed by atoms with Gasteiger partial charge in [-0.15, -0.1) is 0 Å². The first-order valence-corrected chi connectivity index (χ1v) is 6.44. The number of aryl methyl sites for hydroxylation is 1. The Balaban J connectivity index is 2.45. The van der Waals surface area contributed by atoms with Crippen LogP contribution in [0.5, 0.6) is 5.75 Å². The van der Waals surface area contributed by atoms with Crippen molar-refractivity contribution < 1.29 is 9.84 Å². The van der Waals surface area contributed by atoms with E-state index in [0.29, 0.717) is 0 Å². The summed E-state index contributed by atoms with van der Waals surface area (Å²) < 4.78 is 7.41. The van der Waals surface area contributed by atoms with Crippen LogP contribution < -0.4 is 4.74 Å². The van der Waals surface area contributed by atoms with Crippen LogP contribution in [0.15, 0.2) is 18.2 Å². The van der Waals surface area contributed by atoms with Crippen molar-refractivity contribution in [3.05, 3.63) is 24.0 Å². The van der Waals surface area contributed by atoms with Crippen LogP contribution in [-0.2, 0) is 13.1 Å². The smallest absolute Gasteiger partial charge is 0.124 e. The third kappa shape index (κ3) is 3.05.